The summed E-state index contributed by atoms with van der Waals surface area (Å²) in [4.78, 5) is 18.9. The molecule has 0 radical (unpaired) electrons. The van der Waals surface area contributed by atoms with Gasteiger partial charge in [0.1, 0.15) is 0 Å². The van der Waals surface area contributed by atoms with E-state index in [0.717, 1.165) is 25.4 Å². The van der Waals surface area contributed by atoms with Gasteiger partial charge in [0, 0.05) is 36.9 Å². The van der Waals surface area contributed by atoms with E-state index in [1.165, 1.54) is 28.4 Å². The van der Waals surface area contributed by atoms with E-state index in [9.17, 15) is 4.79 Å². The van der Waals surface area contributed by atoms with Crippen LogP contribution >= 0.6 is 11.3 Å². The molecule has 1 aliphatic heterocycles. The van der Waals surface area contributed by atoms with E-state index < -0.39 is 5.97 Å². The molecule has 1 N–H and O–H groups in total. The van der Waals surface area contributed by atoms with Crippen LogP contribution in [0.4, 0.5) is 0 Å². The number of carboxylic acids is 1. The second-order valence-corrected chi connectivity index (χ2v) is 5.98. The Morgan fingerprint density at radius 2 is 2.35 bits per heavy atom. The van der Waals surface area contributed by atoms with Crippen LogP contribution in [-0.4, -0.2) is 34.0 Å². The first-order valence-corrected chi connectivity index (χ1v) is 6.96. The molecule has 0 spiro atoms. The van der Waals surface area contributed by atoms with Crippen LogP contribution in [0, 0.1) is 0 Å². The topological polar surface area (TPSA) is 53.4 Å². The lowest BCUT2D eigenvalue weighted by Gasteiger charge is -2.24. The zero-order chi connectivity index (χ0) is 11.8. The maximum atomic E-state index is 10.6. The lowest BCUT2D eigenvalue weighted by molar-refractivity contribution is -0.137. The van der Waals surface area contributed by atoms with Crippen molar-refractivity contribution in [2.24, 2.45) is 0 Å². The third kappa shape index (κ3) is 2.50. The number of hydrogen-bond acceptors (Lipinski definition) is 4. The second kappa shape index (κ2) is 4.38. The smallest absolute Gasteiger partial charge is 0.304 e. The summed E-state index contributed by atoms with van der Waals surface area (Å²) in [7, 11) is 0. The molecular weight excluding hydrogens is 236 g/mol. The third-order valence-corrected chi connectivity index (χ3v) is 4.64. The largest absolute Gasteiger partial charge is 0.481 e. The molecule has 1 fully saturated rings. The Bertz CT molecular complexity index is 440. The monoisotopic (exact) mass is 252 g/mol. The summed E-state index contributed by atoms with van der Waals surface area (Å²) in [5, 5.41) is 10.0. The van der Waals surface area contributed by atoms with E-state index in [2.05, 4.69) is 4.90 Å². The number of carbonyl (C=O) groups is 1. The van der Waals surface area contributed by atoms with Gasteiger partial charge in [-0.2, -0.15) is 0 Å². The Balaban J connectivity index is 1.65. The van der Waals surface area contributed by atoms with Gasteiger partial charge in [0.25, 0.3) is 0 Å². The van der Waals surface area contributed by atoms with Gasteiger partial charge >= 0.3 is 5.97 Å². The minimum absolute atomic E-state index is 0.240. The number of aliphatic carboxylic acids is 1. The number of fused-ring (bicyclic) bond motifs is 1. The lowest BCUT2D eigenvalue weighted by atomic mass is 10.1. The Kier molecular flexibility index (Phi) is 2.88. The van der Waals surface area contributed by atoms with Crippen LogP contribution in [0.1, 0.15) is 40.8 Å². The van der Waals surface area contributed by atoms with Crippen molar-refractivity contribution in [1.82, 2.24) is 9.88 Å². The molecule has 2 aliphatic rings. The maximum Gasteiger partial charge on any atom is 0.304 e. The van der Waals surface area contributed by atoms with Crippen molar-refractivity contribution in [1.29, 1.82) is 0 Å². The highest BCUT2D eigenvalue weighted by Gasteiger charge is 2.29. The standard InChI is InChI=1S/C12H16N2O2S/c15-11(16)4-6-14-5-3-9-10(7-14)17-12(13-9)8-1-2-8/h8H,1-7H2,(H,15,16). The van der Waals surface area contributed by atoms with Gasteiger partial charge in [-0.1, -0.05) is 0 Å². The minimum atomic E-state index is -0.709. The van der Waals surface area contributed by atoms with Crippen LogP contribution in [-0.2, 0) is 17.8 Å². The molecule has 1 aliphatic carbocycles. The first-order valence-electron chi connectivity index (χ1n) is 6.15. The third-order valence-electron chi connectivity index (χ3n) is 3.40. The van der Waals surface area contributed by atoms with E-state index in [4.69, 9.17) is 10.1 Å². The minimum Gasteiger partial charge on any atom is -0.481 e. The van der Waals surface area contributed by atoms with Gasteiger partial charge in [-0.15, -0.1) is 11.3 Å². The van der Waals surface area contributed by atoms with Crippen LogP contribution in [0.2, 0.25) is 0 Å². The van der Waals surface area contributed by atoms with Gasteiger partial charge < -0.3 is 5.11 Å². The summed E-state index contributed by atoms with van der Waals surface area (Å²) in [6.45, 7) is 2.51. The van der Waals surface area contributed by atoms with E-state index in [-0.39, 0.29) is 6.42 Å². The predicted octanol–water partition coefficient (Wildman–Crippen LogP) is 1.85. The molecule has 5 heteroatoms. The van der Waals surface area contributed by atoms with Crippen molar-refractivity contribution in [2.45, 2.75) is 38.1 Å². The first kappa shape index (κ1) is 11.2. The Morgan fingerprint density at radius 1 is 1.53 bits per heavy atom. The first-order chi connectivity index (χ1) is 8.22. The predicted molar refractivity (Wildman–Crippen MR) is 65.3 cm³/mol. The molecule has 1 aromatic heterocycles. The van der Waals surface area contributed by atoms with Crippen molar-refractivity contribution in [2.75, 3.05) is 13.1 Å². The van der Waals surface area contributed by atoms with Crippen LogP contribution in [0.15, 0.2) is 0 Å². The normalized spacial score (nSPS) is 20.2. The zero-order valence-corrected chi connectivity index (χ0v) is 10.5. The van der Waals surface area contributed by atoms with Gasteiger partial charge in [0.05, 0.1) is 17.1 Å². The molecule has 1 aromatic rings. The fourth-order valence-corrected chi connectivity index (χ4v) is 3.54. The van der Waals surface area contributed by atoms with E-state index in [1.54, 1.807) is 0 Å². The van der Waals surface area contributed by atoms with Gasteiger partial charge in [-0.3, -0.25) is 9.69 Å². The number of hydrogen-bond donors (Lipinski definition) is 1. The maximum absolute atomic E-state index is 10.6. The molecule has 3 rings (SSSR count). The zero-order valence-electron chi connectivity index (χ0n) is 9.69. The SMILES string of the molecule is O=C(O)CCN1CCc2nc(C3CC3)sc2C1. The highest BCUT2D eigenvalue weighted by atomic mass is 32.1. The van der Waals surface area contributed by atoms with Gasteiger partial charge in [-0.05, 0) is 12.8 Å². The van der Waals surface area contributed by atoms with E-state index in [0.29, 0.717) is 6.54 Å². The van der Waals surface area contributed by atoms with Gasteiger partial charge in [0.15, 0.2) is 0 Å². The Hall–Kier alpha value is -0.940. The molecule has 1 saturated carbocycles. The Labute approximate surface area is 104 Å². The number of nitrogens with zero attached hydrogens (tertiary/aromatic N) is 2. The van der Waals surface area contributed by atoms with E-state index >= 15 is 0 Å². The summed E-state index contributed by atoms with van der Waals surface area (Å²) >= 11 is 1.84. The molecule has 92 valence electrons. The van der Waals surface area contributed by atoms with Crippen molar-refractivity contribution in [3.05, 3.63) is 15.6 Å². The average molecular weight is 252 g/mol. The molecule has 0 bridgehead atoms. The summed E-state index contributed by atoms with van der Waals surface area (Å²) in [6.07, 6.45) is 3.83. The number of thiazole rings is 1. The molecule has 0 aromatic carbocycles. The quantitative estimate of drug-likeness (QED) is 0.888. The second-order valence-electron chi connectivity index (χ2n) is 4.87. The lowest BCUT2D eigenvalue weighted by Crippen LogP contribution is -2.31. The summed E-state index contributed by atoms with van der Waals surface area (Å²) in [6, 6.07) is 0. The summed E-state index contributed by atoms with van der Waals surface area (Å²) in [5.41, 5.74) is 1.27. The fourth-order valence-electron chi connectivity index (χ4n) is 2.22. The number of aromatic nitrogens is 1. The van der Waals surface area contributed by atoms with Crippen LogP contribution in [0.3, 0.4) is 0 Å². The molecule has 0 saturated heterocycles. The molecule has 4 nitrogen and oxygen atoms in total. The summed E-state index contributed by atoms with van der Waals surface area (Å²) < 4.78 is 0. The van der Waals surface area contributed by atoms with Gasteiger partial charge in [-0.25, -0.2) is 4.98 Å². The van der Waals surface area contributed by atoms with E-state index in [1.807, 2.05) is 11.3 Å². The molecule has 0 atom stereocenters. The molecular formula is C12H16N2O2S. The average Bonchev–Trinajstić information content (AvgIpc) is 3.06. The molecule has 0 amide bonds. The highest BCUT2D eigenvalue weighted by Crippen LogP contribution is 2.43. The van der Waals surface area contributed by atoms with Crippen LogP contribution < -0.4 is 0 Å². The number of carboxylic acid groups (broad SMARTS) is 1. The molecule has 2 heterocycles. The van der Waals surface area contributed by atoms with Crippen molar-refractivity contribution >= 4 is 17.3 Å². The van der Waals surface area contributed by atoms with Crippen molar-refractivity contribution in [3.8, 4) is 0 Å². The van der Waals surface area contributed by atoms with Gasteiger partial charge in [0.2, 0.25) is 0 Å². The van der Waals surface area contributed by atoms with Crippen molar-refractivity contribution < 1.29 is 9.90 Å². The van der Waals surface area contributed by atoms with Crippen molar-refractivity contribution in [3.63, 3.8) is 0 Å². The molecule has 17 heavy (non-hydrogen) atoms. The highest BCUT2D eigenvalue weighted by molar-refractivity contribution is 7.11. The summed E-state index contributed by atoms with van der Waals surface area (Å²) in [5.74, 6) is 0.0249. The Morgan fingerprint density at radius 3 is 3.06 bits per heavy atom. The fraction of sp³-hybridized carbons (Fsp3) is 0.667. The number of rotatable bonds is 4. The van der Waals surface area contributed by atoms with Crippen LogP contribution in [0.5, 0.6) is 0 Å². The molecule has 0 unspecified atom stereocenters. The van der Waals surface area contributed by atoms with Crippen LogP contribution in [0.25, 0.3) is 0 Å².